The van der Waals surface area contributed by atoms with Gasteiger partial charge >= 0.3 is 0 Å². The first-order valence-electron chi connectivity index (χ1n) is 11.4. The summed E-state index contributed by atoms with van der Waals surface area (Å²) in [6.45, 7) is 0. The van der Waals surface area contributed by atoms with E-state index in [4.69, 9.17) is 39.2 Å². The fraction of sp³-hybridized carbons (Fsp3) is 0. The van der Waals surface area contributed by atoms with E-state index in [0.29, 0.717) is 32.8 Å². The van der Waals surface area contributed by atoms with Crippen LogP contribution in [0.4, 0.5) is 5.69 Å². The summed E-state index contributed by atoms with van der Waals surface area (Å²) in [6.07, 6.45) is 1.57. The van der Waals surface area contributed by atoms with Crippen LogP contribution in [0.5, 0.6) is 0 Å². The summed E-state index contributed by atoms with van der Waals surface area (Å²) in [4.78, 5) is 26.9. The molecule has 6 nitrogen and oxygen atoms in total. The van der Waals surface area contributed by atoms with Crippen molar-refractivity contribution in [3.05, 3.63) is 125 Å². The number of thiazole rings is 1. The third-order valence-corrected chi connectivity index (χ3v) is 7.59. The first-order valence-corrected chi connectivity index (χ1v) is 13.4. The summed E-state index contributed by atoms with van der Waals surface area (Å²) in [5, 5.41) is 13.8. The van der Waals surface area contributed by atoms with Crippen molar-refractivity contribution in [3.63, 3.8) is 0 Å². The lowest BCUT2D eigenvalue weighted by molar-refractivity contribution is -0.111. The Hall–Kier alpha value is -4.06. The Labute approximate surface area is 241 Å². The molecule has 2 heterocycles. The molecule has 1 N–H and O–H groups in total. The number of hydrogen-bond acceptors (Lipinski definition) is 5. The molecule has 0 fully saturated rings. The van der Waals surface area contributed by atoms with Gasteiger partial charge in [-0.2, -0.15) is 5.26 Å². The van der Waals surface area contributed by atoms with E-state index in [1.54, 1.807) is 60.7 Å². The molecule has 0 aliphatic carbocycles. The van der Waals surface area contributed by atoms with Crippen LogP contribution in [0.15, 0.2) is 94.1 Å². The van der Waals surface area contributed by atoms with E-state index >= 15 is 0 Å². The average molecular weight is 593 g/mol. The molecule has 0 aliphatic rings. The summed E-state index contributed by atoms with van der Waals surface area (Å²) in [5.74, 6) is 0.205. The van der Waals surface area contributed by atoms with Gasteiger partial charge < -0.3 is 9.73 Å². The number of hydrogen-bond donors (Lipinski definition) is 1. The number of aromatic nitrogens is 1. The van der Waals surface area contributed by atoms with Crippen molar-refractivity contribution in [2.45, 2.75) is 0 Å². The van der Waals surface area contributed by atoms with Gasteiger partial charge in [0.1, 0.15) is 22.3 Å². The van der Waals surface area contributed by atoms with E-state index in [9.17, 15) is 14.9 Å². The van der Waals surface area contributed by atoms with Crippen LogP contribution in [-0.4, -0.2) is 10.5 Å². The second-order valence-corrected chi connectivity index (χ2v) is 10.4. The van der Waals surface area contributed by atoms with Gasteiger partial charge in [-0.05, 0) is 54.6 Å². The monoisotopic (exact) mass is 591 g/mol. The normalized spacial score (nSPS) is 12.2. The first kappa shape index (κ1) is 26.5. The predicted octanol–water partition coefficient (Wildman–Crippen LogP) is 6.26. The van der Waals surface area contributed by atoms with Crippen LogP contribution in [0.25, 0.3) is 28.7 Å². The third-order valence-electron chi connectivity index (χ3n) is 5.61. The Morgan fingerprint density at radius 2 is 1.69 bits per heavy atom. The molecule has 192 valence electrons. The van der Waals surface area contributed by atoms with Crippen LogP contribution in [-0.2, 0) is 4.79 Å². The Morgan fingerprint density at radius 3 is 2.44 bits per heavy atom. The van der Waals surface area contributed by atoms with E-state index in [1.807, 2.05) is 24.3 Å². The zero-order valence-corrected chi connectivity index (χ0v) is 22.9. The van der Waals surface area contributed by atoms with Gasteiger partial charge in [0.2, 0.25) is 0 Å². The van der Waals surface area contributed by atoms with Crippen molar-refractivity contribution in [3.8, 4) is 23.1 Å². The molecule has 10 heteroatoms. The number of nitriles is 1. The van der Waals surface area contributed by atoms with E-state index < -0.39 is 11.5 Å². The second kappa shape index (κ2) is 11.4. The summed E-state index contributed by atoms with van der Waals surface area (Å²) in [7, 11) is 0. The van der Waals surface area contributed by atoms with Gasteiger partial charge in [0.05, 0.1) is 26.0 Å². The lowest BCUT2D eigenvalue weighted by Crippen LogP contribution is -2.32. The highest BCUT2D eigenvalue weighted by Gasteiger charge is 2.18. The minimum absolute atomic E-state index is 0.147. The molecular weight excluding hydrogens is 577 g/mol. The van der Waals surface area contributed by atoms with E-state index in [0.717, 1.165) is 11.3 Å². The van der Waals surface area contributed by atoms with Crippen molar-refractivity contribution < 1.29 is 9.21 Å². The molecule has 0 atom stereocenters. The Kier molecular flexibility index (Phi) is 7.73. The lowest BCUT2D eigenvalue weighted by Gasteiger charge is -2.07. The van der Waals surface area contributed by atoms with Crippen molar-refractivity contribution in [1.29, 1.82) is 5.26 Å². The maximum Gasteiger partial charge on any atom is 0.273 e. The summed E-state index contributed by atoms with van der Waals surface area (Å²) in [5.41, 5.74) is 0.752. The molecule has 39 heavy (non-hydrogen) atoms. The van der Waals surface area contributed by atoms with Crippen LogP contribution in [0.1, 0.15) is 5.76 Å². The Morgan fingerprint density at radius 1 is 0.949 bits per heavy atom. The van der Waals surface area contributed by atoms with Crippen LogP contribution < -0.4 is 20.1 Å². The van der Waals surface area contributed by atoms with E-state index in [1.165, 1.54) is 16.7 Å². The molecule has 0 aliphatic heterocycles. The number of amides is 1. The van der Waals surface area contributed by atoms with Gasteiger partial charge in [0.15, 0.2) is 5.57 Å². The van der Waals surface area contributed by atoms with E-state index in [2.05, 4.69) is 5.32 Å². The number of rotatable bonds is 5. The Balaban J connectivity index is 1.67. The van der Waals surface area contributed by atoms with Gasteiger partial charge in [0.25, 0.3) is 11.5 Å². The molecule has 0 spiro atoms. The summed E-state index contributed by atoms with van der Waals surface area (Å²) >= 11 is 19.5. The number of furan rings is 1. The van der Waals surface area contributed by atoms with Crippen LogP contribution in [0, 0.1) is 11.3 Å². The number of carbonyl (C=O) groups is 1. The van der Waals surface area contributed by atoms with Gasteiger partial charge in [-0.25, -0.2) is 0 Å². The molecule has 0 saturated carbocycles. The lowest BCUT2D eigenvalue weighted by atomic mass is 10.2. The predicted molar refractivity (Wildman–Crippen MR) is 156 cm³/mol. The topological polar surface area (TPSA) is 88.0 Å². The molecular formula is C29H16Cl3N3O3S. The van der Waals surface area contributed by atoms with Gasteiger partial charge in [0, 0.05) is 16.7 Å². The van der Waals surface area contributed by atoms with Gasteiger partial charge in [-0.1, -0.05) is 65.1 Å². The Bertz CT molecular complexity index is 1940. The number of anilines is 1. The molecule has 0 unspecified atom stereocenters. The number of carbonyl (C=O) groups excluding carboxylic acids is 1. The molecule has 0 saturated heterocycles. The molecule has 1 amide bonds. The number of para-hydroxylation sites is 1. The fourth-order valence-corrected chi connectivity index (χ4v) is 5.45. The minimum Gasteiger partial charge on any atom is -0.457 e. The average Bonchev–Trinajstić information content (AvgIpc) is 3.52. The first-order chi connectivity index (χ1) is 18.9. The zero-order chi connectivity index (χ0) is 27.5. The maximum absolute atomic E-state index is 13.6. The standard InChI is InChI=1S/C29H16Cl3N3O3S/c30-17-10-12-23(32)24(14-17)34-27(36)21(16-33)29-35(18-6-2-1-3-7-18)28(37)26(39-29)15-19-11-13-25(38-19)20-8-4-5-9-22(20)31/h1-15H,(H,34,36)/b26-15+,29-21+. The molecule has 5 rings (SSSR count). The number of halogens is 3. The molecule has 5 aromatic rings. The van der Waals surface area contributed by atoms with Crippen LogP contribution in [0.2, 0.25) is 15.1 Å². The largest absolute Gasteiger partial charge is 0.457 e. The smallest absolute Gasteiger partial charge is 0.273 e. The van der Waals surface area contributed by atoms with Crippen LogP contribution >= 0.6 is 46.1 Å². The van der Waals surface area contributed by atoms with Crippen molar-refractivity contribution in [1.82, 2.24) is 4.57 Å². The quantitative estimate of drug-likeness (QED) is 0.261. The highest BCUT2D eigenvalue weighted by atomic mass is 35.5. The molecule has 0 radical (unpaired) electrons. The number of benzene rings is 3. The van der Waals surface area contributed by atoms with Crippen molar-refractivity contribution in [2.24, 2.45) is 0 Å². The fourth-order valence-electron chi connectivity index (χ4n) is 3.80. The maximum atomic E-state index is 13.6. The molecule has 3 aromatic carbocycles. The van der Waals surface area contributed by atoms with Gasteiger partial charge in [-0.3, -0.25) is 14.2 Å². The third kappa shape index (κ3) is 5.56. The highest BCUT2D eigenvalue weighted by molar-refractivity contribution is 7.07. The van der Waals surface area contributed by atoms with E-state index in [-0.39, 0.29) is 25.5 Å². The van der Waals surface area contributed by atoms with Gasteiger partial charge in [-0.15, -0.1) is 11.3 Å². The summed E-state index contributed by atoms with van der Waals surface area (Å²) < 4.78 is 7.67. The number of nitrogens with one attached hydrogen (secondary N) is 1. The number of nitrogens with zero attached hydrogens (tertiary/aromatic N) is 2. The SMILES string of the molecule is N#C/C(C(=O)Nc1cc(Cl)ccc1Cl)=c1\s/c(=C/c2ccc(-c3ccccc3Cl)o2)c(=O)n1-c1ccccc1. The summed E-state index contributed by atoms with van der Waals surface area (Å²) in [6, 6.07) is 26.0. The molecule has 2 aromatic heterocycles. The van der Waals surface area contributed by atoms with Crippen molar-refractivity contribution in [2.75, 3.05) is 5.32 Å². The zero-order valence-electron chi connectivity index (χ0n) is 19.8. The highest BCUT2D eigenvalue weighted by Crippen LogP contribution is 2.29. The minimum atomic E-state index is -0.738. The molecule has 0 bridgehead atoms. The second-order valence-electron chi connectivity index (χ2n) is 8.14. The van der Waals surface area contributed by atoms with Crippen LogP contribution in [0.3, 0.4) is 0 Å². The van der Waals surface area contributed by atoms with Crippen molar-refractivity contribution >= 4 is 69.4 Å².